The van der Waals surface area contributed by atoms with Gasteiger partial charge in [0.05, 0.1) is 18.8 Å². The van der Waals surface area contributed by atoms with Crippen molar-refractivity contribution in [2.75, 3.05) is 36.6 Å². The number of carbonyl (C=O) groups excluding carboxylic acids is 1. The van der Waals surface area contributed by atoms with Gasteiger partial charge in [-0.1, -0.05) is 42.5 Å². The van der Waals surface area contributed by atoms with Crippen molar-refractivity contribution < 1.29 is 9.53 Å². The first kappa shape index (κ1) is 24.3. The molecule has 1 saturated heterocycles. The van der Waals surface area contributed by atoms with Gasteiger partial charge in [0, 0.05) is 47.8 Å². The van der Waals surface area contributed by atoms with E-state index in [-0.39, 0.29) is 5.91 Å². The van der Waals surface area contributed by atoms with Crippen molar-refractivity contribution >= 4 is 23.0 Å². The van der Waals surface area contributed by atoms with Crippen LogP contribution in [0.2, 0.25) is 0 Å². The predicted octanol–water partition coefficient (Wildman–Crippen LogP) is 5.30. The molecule has 1 unspecified atom stereocenters. The summed E-state index contributed by atoms with van der Waals surface area (Å²) in [7, 11) is 0. The van der Waals surface area contributed by atoms with E-state index >= 15 is 0 Å². The highest BCUT2D eigenvalue weighted by molar-refractivity contribution is 5.92. The predicted molar refractivity (Wildman–Crippen MR) is 146 cm³/mol. The number of nitrogens with zero attached hydrogens (tertiary/aromatic N) is 3. The van der Waals surface area contributed by atoms with Gasteiger partial charge in [-0.15, -0.1) is 0 Å². The van der Waals surface area contributed by atoms with Crippen molar-refractivity contribution in [3.63, 3.8) is 0 Å². The van der Waals surface area contributed by atoms with Crippen LogP contribution >= 0.6 is 0 Å². The van der Waals surface area contributed by atoms with Crippen LogP contribution in [0.4, 0.5) is 17.1 Å². The molecule has 0 saturated carbocycles. The summed E-state index contributed by atoms with van der Waals surface area (Å²) in [4.78, 5) is 19.8. The minimum Gasteiger partial charge on any atom is -0.485 e. The third-order valence-corrected chi connectivity index (χ3v) is 7.21. The van der Waals surface area contributed by atoms with Gasteiger partial charge in [-0.05, 0) is 63.1 Å². The van der Waals surface area contributed by atoms with E-state index in [0.29, 0.717) is 31.4 Å². The highest BCUT2D eigenvalue weighted by Crippen LogP contribution is 2.30. The van der Waals surface area contributed by atoms with Crippen molar-refractivity contribution in [1.29, 1.82) is 0 Å². The van der Waals surface area contributed by atoms with Gasteiger partial charge in [0.15, 0.2) is 0 Å². The first-order chi connectivity index (χ1) is 17.6. The lowest BCUT2D eigenvalue weighted by molar-refractivity contribution is -0.117. The second-order valence-corrected chi connectivity index (χ2v) is 10.0. The lowest BCUT2D eigenvalue weighted by atomic mass is 9.95. The smallest absolute Gasteiger partial charge is 0.238 e. The van der Waals surface area contributed by atoms with Gasteiger partial charge < -0.3 is 15.0 Å². The van der Waals surface area contributed by atoms with Crippen LogP contribution < -0.4 is 10.2 Å². The van der Waals surface area contributed by atoms with Gasteiger partial charge >= 0.3 is 0 Å². The summed E-state index contributed by atoms with van der Waals surface area (Å²) >= 11 is 0. The van der Waals surface area contributed by atoms with E-state index in [4.69, 9.17) is 4.74 Å². The highest BCUT2D eigenvalue weighted by atomic mass is 16.5. The Labute approximate surface area is 214 Å². The molecule has 2 aromatic carbocycles. The van der Waals surface area contributed by atoms with Crippen molar-refractivity contribution in [3.05, 3.63) is 90.7 Å². The standard InChI is InChI=1S/C30H36N4O2/c1-23(2)34(27-9-4-3-5-10-27)28-14-12-25(13-15-28)31-30(35)20-32-18-16-26(17-19-32)33-22-36-21-24-8-6-7-11-29(24)33/h3-15,21,23,26,29H,16-20,22H2,1-2H3,(H,31,35). The van der Waals surface area contributed by atoms with E-state index in [9.17, 15) is 4.79 Å². The summed E-state index contributed by atoms with van der Waals surface area (Å²) in [5.41, 5.74) is 4.32. The van der Waals surface area contributed by atoms with Gasteiger partial charge in [-0.3, -0.25) is 14.6 Å². The molecule has 1 N–H and O–H groups in total. The molecule has 2 heterocycles. The fourth-order valence-corrected chi connectivity index (χ4v) is 5.44. The number of benzene rings is 2. The first-order valence-electron chi connectivity index (χ1n) is 13.0. The lowest BCUT2D eigenvalue weighted by Crippen LogP contribution is -2.51. The second kappa shape index (κ2) is 11.1. The first-order valence-corrected chi connectivity index (χ1v) is 13.0. The molecule has 1 amide bonds. The fraction of sp³-hybridized carbons (Fsp3) is 0.367. The van der Waals surface area contributed by atoms with E-state index in [1.54, 1.807) is 0 Å². The van der Waals surface area contributed by atoms with E-state index < -0.39 is 0 Å². The Morgan fingerprint density at radius 2 is 1.75 bits per heavy atom. The van der Waals surface area contributed by atoms with Gasteiger partial charge in [0.2, 0.25) is 5.91 Å². The van der Waals surface area contributed by atoms with Gasteiger partial charge in [0.25, 0.3) is 0 Å². The van der Waals surface area contributed by atoms with E-state index in [1.165, 1.54) is 5.57 Å². The Morgan fingerprint density at radius 1 is 1.03 bits per heavy atom. The zero-order valence-corrected chi connectivity index (χ0v) is 21.2. The maximum Gasteiger partial charge on any atom is 0.238 e. The SMILES string of the molecule is CC(C)N(c1ccccc1)c1ccc(NC(=O)CN2CCC(N3COC=C4C=CC=CC43)CC2)cc1. The molecule has 2 aliphatic heterocycles. The average Bonchev–Trinajstić information content (AvgIpc) is 2.90. The number of fused-ring (bicyclic) bond motifs is 1. The third kappa shape index (κ3) is 5.55. The molecule has 1 aliphatic carbocycles. The number of para-hydroxylation sites is 1. The van der Waals surface area contributed by atoms with Crippen LogP contribution in [-0.2, 0) is 9.53 Å². The molecular weight excluding hydrogens is 448 g/mol. The topological polar surface area (TPSA) is 48.1 Å². The molecule has 1 fully saturated rings. The van der Waals surface area contributed by atoms with E-state index in [2.05, 4.69) is 94.6 Å². The maximum atomic E-state index is 12.8. The van der Waals surface area contributed by atoms with Crippen molar-refractivity contribution in [3.8, 4) is 0 Å². The number of hydrogen-bond donors (Lipinski definition) is 1. The quantitative estimate of drug-likeness (QED) is 0.578. The number of amides is 1. The highest BCUT2D eigenvalue weighted by Gasteiger charge is 2.33. The summed E-state index contributed by atoms with van der Waals surface area (Å²) in [6, 6.07) is 19.6. The lowest BCUT2D eigenvalue weighted by Gasteiger charge is -2.43. The summed E-state index contributed by atoms with van der Waals surface area (Å²) in [6.45, 7) is 7.25. The molecule has 0 aromatic heterocycles. The Hall–Kier alpha value is -3.35. The molecule has 6 nitrogen and oxygen atoms in total. The minimum atomic E-state index is 0.0388. The molecule has 188 valence electrons. The number of allylic oxidation sites excluding steroid dienone is 2. The zero-order chi connectivity index (χ0) is 24.9. The molecule has 1 atom stereocenters. The molecule has 36 heavy (non-hydrogen) atoms. The summed E-state index contributed by atoms with van der Waals surface area (Å²) in [6.07, 6.45) is 12.5. The fourth-order valence-electron chi connectivity index (χ4n) is 5.44. The van der Waals surface area contributed by atoms with Crippen LogP contribution in [0, 0.1) is 0 Å². The van der Waals surface area contributed by atoms with Crippen LogP contribution in [0.3, 0.4) is 0 Å². The molecule has 3 aliphatic rings. The number of ether oxygens (including phenoxy) is 1. The van der Waals surface area contributed by atoms with E-state index in [1.807, 2.05) is 24.5 Å². The third-order valence-electron chi connectivity index (χ3n) is 7.21. The molecule has 0 radical (unpaired) electrons. The van der Waals surface area contributed by atoms with Gasteiger partial charge in [0.1, 0.15) is 6.73 Å². The number of anilines is 3. The van der Waals surface area contributed by atoms with Crippen LogP contribution in [0.15, 0.2) is 90.7 Å². The number of piperidine rings is 1. The van der Waals surface area contributed by atoms with Gasteiger partial charge in [-0.2, -0.15) is 0 Å². The Bertz CT molecular complexity index is 1120. The summed E-state index contributed by atoms with van der Waals surface area (Å²) in [5.74, 6) is 0.0388. The Morgan fingerprint density at radius 3 is 2.47 bits per heavy atom. The molecular formula is C30H36N4O2. The Balaban J connectivity index is 1.12. The monoisotopic (exact) mass is 484 g/mol. The van der Waals surface area contributed by atoms with Crippen molar-refractivity contribution in [2.24, 2.45) is 0 Å². The zero-order valence-electron chi connectivity index (χ0n) is 21.2. The molecule has 0 bridgehead atoms. The molecule has 2 aromatic rings. The molecule has 6 heteroatoms. The second-order valence-electron chi connectivity index (χ2n) is 10.0. The maximum absolute atomic E-state index is 12.8. The average molecular weight is 485 g/mol. The number of likely N-dealkylation sites (tertiary alicyclic amines) is 1. The molecule has 0 spiro atoms. The molecule has 5 rings (SSSR count). The van der Waals surface area contributed by atoms with E-state index in [0.717, 1.165) is 43.0 Å². The van der Waals surface area contributed by atoms with Crippen LogP contribution in [0.5, 0.6) is 0 Å². The number of nitrogens with one attached hydrogen (secondary N) is 1. The summed E-state index contributed by atoms with van der Waals surface area (Å²) in [5, 5.41) is 3.08. The Kier molecular flexibility index (Phi) is 7.54. The number of hydrogen-bond acceptors (Lipinski definition) is 5. The number of rotatable bonds is 7. The van der Waals surface area contributed by atoms with Crippen LogP contribution in [0.25, 0.3) is 0 Å². The summed E-state index contributed by atoms with van der Waals surface area (Å²) < 4.78 is 5.72. The van der Waals surface area contributed by atoms with Crippen LogP contribution in [-0.4, -0.2) is 60.2 Å². The van der Waals surface area contributed by atoms with Gasteiger partial charge in [-0.25, -0.2) is 0 Å². The van der Waals surface area contributed by atoms with Crippen LogP contribution in [0.1, 0.15) is 26.7 Å². The number of carbonyl (C=O) groups is 1. The normalized spacial score (nSPS) is 20.5. The minimum absolute atomic E-state index is 0.0388. The van der Waals surface area contributed by atoms with Crippen molar-refractivity contribution in [2.45, 2.75) is 44.8 Å². The largest absolute Gasteiger partial charge is 0.485 e. The van der Waals surface area contributed by atoms with Crippen molar-refractivity contribution in [1.82, 2.24) is 9.80 Å².